The lowest BCUT2D eigenvalue weighted by atomic mass is 10.1. The number of nitrogens with zero attached hydrogens (tertiary/aromatic N) is 3. The molecule has 0 saturated carbocycles. The number of hydrogen-bond acceptors (Lipinski definition) is 5. The average molecular weight is 311 g/mol. The highest BCUT2D eigenvalue weighted by Gasteiger charge is 2.24. The van der Waals surface area contributed by atoms with Crippen LogP contribution in [0.4, 0.5) is 5.82 Å². The van der Waals surface area contributed by atoms with E-state index in [4.69, 9.17) is 9.47 Å². The van der Waals surface area contributed by atoms with E-state index in [1.165, 1.54) is 0 Å². The first-order valence-electron chi connectivity index (χ1n) is 7.66. The van der Waals surface area contributed by atoms with Crippen LogP contribution in [0.15, 0.2) is 42.6 Å². The Morgan fingerprint density at radius 2 is 1.83 bits per heavy atom. The molecule has 0 bridgehead atoms. The lowest BCUT2D eigenvalue weighted by Crippen LogP contribution is -2.49. The molecule has 3 heterocycles. The monoisotopic (exact) mass is 311 g/mol. The Labute approximate surface area is 134 Å². The number of pyridine rings is 1. The van der Waals surface area contributed by atoms with Crippen molar-refractivity contribution >= 4 is 11.7 Å². The number of fused-ring (bicyclic) bond motifs is 1. The highest BCUT2D eigenvalue weighted by atomic mass is 16.7. The second kappa shape index (κ2) is 5.79. The molecule has 6 nitrogen and oxygen atoms in total. The summed E-state index contributed by atoms with van der Waals surface area (Å²) in [5.41, 5.74) is 0.639. The minimum absolute atomic E-state index is 0.0315. The number of benzene rings is 1. The molecule has 2 aliphatic rings. The van der Waals surface area contributed by atoms with Gasteiger partial charge in [0.15, 0.2) is 11.5 Å². The van der Waals surface area contributed by atoms with Crippen LogP contribution < -0.4 is 14.4 Å². The topological polar surface area (TPSA) is 54.9 Å². The first-order valence-corrected chi connectivity index (χ1v) is 7.66. The molecule has 1 fully saturated rings. The molecule has 0 spiro atoms. The predicted octanol–water partition coefficient (Wildman–Crippen LogP) is 1.77. The Bertz CT molecular complexity index is 712. The molecule has 0 radical (unpaired) electrons. The lowest BCUT2D eigenvalue weighted by Gasteiger charge is -2.35. The van der Waals surface area contributed by atoms with E-state index >= 15 is 0 Å². The molecule has 0 unspecified atom stereocenters. The van der Waals surface area contributed by atoms with Crippen LogP contribution in [0.2, 0.25) is 0 Å². The van der Waals surface area contributed by atoms with E-state index in [9.17, 15) is 4.79 Å². The fourth-order valence-electron chi connectivity index (χ4n) is 2.89. The van der Waals surface area contributed by atoms with E-state index < -0.39 is 0 Å². The van der Waals surface area contributed by atoms with Gasteiger partial charge in [-0.3, -0.25) is 4.79 Å². The molecule has 1 aromatic heterocycles. The summed E-state index contributed by atoms with van der Waals surface area (Å²) in [5.74, 6) is 2.33. The number of anilines is 1. The SMILES string of the molecule is O=C(c1ccc2c(c1)OCO2)N1CCN(c2ccccn2)CC1. The molecule has 0 aliphatic carbocycles. The Hall–Kier alpha value is -2.76. The Morgan fingerprint density at radius 3 is 2.61 bits per heavy atom. The summed E-state index contributed by atoms with van der Waals surface area (Å²) in [6.45, 7) is 3.16. The molecule has 0 atom stereocenters. The fourth-order valence-corrected chi connectivity index (χ4v) is 2.89. The number of rotatable bonds is 2. The van der Waals surface area contributed by atoms with Gasteiger partial charge in [-0.2, -0.15) is 0 Å². The Balaban J connectivity index is 1.43. The molecular weight excluding hydrogens is 294 g/mol. The van der Waals surface area contributed by atoms with E-state index in [-0.39, 0.29) is 12.7 Å². The summed E-state index contributed by atoms with van der Waals surface area (Å²) in [6.07, 6.45) is 1.79. The standard InChI is InChI=1S/C17H17N3O3/c21-17(13-4-5-14-15(11-13)23-12-22-14)20-9-7-19(8-10-20)16-3-1-2-6-18-16/h1-6,11H,7-10,12H2. The zero-order valence-electron chi connectivity index (χ0n) is 12.6. The summed E-state index contributed by atoms with van der Waals surface area (Å²) in [4.78, 5) is 21.1. The van der Waals surface area contributed by atoms with Crippen molar-refractivity contribution in [3.05, 3.63) is 48.2 Å². The van der Waals surface area contributed by atoms with Crippen molar-refractivity contribution in [2.24, 2.45) is 0 Å². The number of piperazine rings is 1. The van der Waals surface area contributed by atoms with Crippen LogP contribution in [0.3, 0.4) is 0 Å². The lowest BCUT2D eigenvalue weighted by molar-refractivity contribution is 0.0746. The van der Waals surface area contributed by atoms with Gasteiger partial charge in [0.05, 0.1) is 0 Å². The van der Waals surface area contributed by atoms with Crippen LogP contribution in [0.1, 0.15) is 10.4 Å². The maximum absolute atomic E-state index is 12.6. The smallest absolute Gasteiger partial charge is 0.254 e. The summed E-state index contributed by atoms with van der Waals surface area (Å²) in [7, 11) is 0. The van der Waals surface area contributed by atoms with Gasteiger partial charge in [0, 0.05) is 37.9 Å². The van der Waals surface area contributed by atoms with Crippen molar-refractivity contribution in [1.29, 1.82) is 0 Å². The molecular formula is C17H17N3O3. The van der Waals surface area contributed by atoms with Crippen LogP contribution in [0.5, 0.6) is 11.5 Å². The number of ether oxygens (including phenoxy) is 2. The molecule has 1 aromatic carbocycles. The van der Waals surface area contributed by atoms with Crippen molar-refractivity contribution in [2.75, 3.05) is 37.9 Å². The highest BCUT2D eigenvalue weighted by molar-refractivity contribution is 5.95. The van der Waals surface area contributed by atoms with Crippen molar-refractivity contribution in [3.63, 3.8) is 0 Å². The number of carbonyl (C=O) groups is 1. The van der Waals surface area contributed by atoms with Crippen LogP contribution in [0, 0.1) is 0 Å². The highest BCUT2D eigenvalue weighted by Crippen LogP contribution is 2.32. The maximum atomic E-state index is 12.6. The molecule has 4 rings (SSSR count). The van der Waals surface area contributed by atoms with Crippen LogP contribution in [0.25, 0.3) is 0 Å². The minimum atomic E-state index is 0.0315. The van der Waals surface area contributed by atoms with Crippen LogP contribution in [-0.2, 0) is 0 Å². The van der Waals surface area contributed by atoms with Gasteiger partial charge in [-0.05, 0) is 30.3 Å². The number of amides is 1. The summed E-state index contributed by atoms with van der Waals surface area (Å²) in [5, 5.41) is 0. The predicted molar refractivity (Wildman–Crippen MR) is 84.9 cm³/mol. The molecule has 2 aliphatic heterocycles. The van der Waals surface area contributed by atoms with Crippen molar-refractivity contribution < 1.29 is 14.3 Å². The van der Waals surface area contributed by atoms with Crippen molar-refractivity contribution in [2.45, 2.75) is 0 Å². The third kappa shape index (κ3) is 2.67. The van der Waals surface area contributed by atoms with E-state index in [1.807, 2.05) is 23.1 Å². The van der Waals surface area contributed by atoms with Gasteiger partial charge in [0.25, 0.3) is 5.91 Å². The molecule has 118 valence electrons. The second-order valence-corrected chi connectivity index (χ2v) is 5.54. The van der Waals surface area contributed by atoms with Crippen LogP contribution in [-0.4, -0.2) is 48.8 Å². The number of aromatic nitrogens is 1. The zero-order valence-corrected chi connectivity index (χ0v) is 12.6. The minimum Gasteiger partial charge on any atom is -0.454 e. The van der Waals surface area contributed by atoms with Gasteiger partial charge in [-0.1, -0.05) is 6.07 Å². The summed E-state index contributed by atoms with van der Waals surface area (Å²) in [6, 6.07) is 11.2. The summed E-state index contributed by atoms with van der Waals surface area (Å²) >= 11 is 0. The Kier molecular flexibility index (Phi) is 3.49. The van der Waals surface area contributed by atoms with Crippen molar-refractivity contribution in [1.82, 2.24) is 9.88 Å². The number of carbonyl (C=O) groups excluding carboxylic acids is 1. The quantitative estimate of drug-likeness (QED) is 0.846. The molecule has 1 amide bonds. The molecule has 0 N–H and O–H groups in total. The molecule has 23 heavy (non-hydrogen) atoms. The average Bonchev–Trinajstić information content (AvgIpc) is 3.10. The first-order chi connectivity index (χ1) is 11.3. The van der Waals surface area contributed by atoms with E-state index in [0.29, 0.717) is 30.2 Å². The van der Waals surface area contributed by atoms with Crippen LogP contribution >= 0.6 is 0 Å². The fraction of sp³-hybridized carbons (Fsp3) is 0.294. The van der Waals surface area contributed by atoms with Gasteiger partial charge in [-0.15, -0.1) is 0 Å². The maximum Gasteiger partial charge on any atom is 0.254 e. The van der Waals surface area contributed by atoms with Gasteiger partial charge in [0.2, 0.25) is 6.79 Å². The normalized spacial score (nSPS) is 16.5. The third-order valence-electron chi connectivity index (χ3n) is 4.16. The van der Waals surface area contributed by atoms with Gasteiger partial charge < -0.3 is 19.3 Å². The largest absolute Gasteiger partial charge is 0.454 e. The Morgan fingerprint density at radius 1 is 1.00 bits per heavy atom. The second-order valence-electron chi connectivity index (χ2n) is 5.54. The van der Waals surface area contributed by atoms with E-state index in [1.54, 1.807) is 24.4 Å². The summed E-state index contributed by atoms with van der Waals surface area (Å²) < 4.78 is 10.6. The first kappa shape index (κ1) is 13.9. The van der Waals surface area contributed by atoms with Gasteiger partial charge in [-0.25, -0.2) is 4.98 Å². The number of hydrogen-bond donors (Lipinski definition) is 0. The van der Waals surface area contributed by atoms with E-state index in [2.05, 4.69) is 9.88 Å². The van der Waals surface area contributed by atoms with Gasteiger partial charge >= 0.3 is 0 Å². The van der Waals surface area contributed by atoms with Gasteiger partial charge in [0.1, 0.15) is 5.82 Å². The van der Waals surface area contributed by atoms with Crippen molar-refractivity contribution in [3.8, 4) is 11.5 Å². The van der Waals surface area contributed by atoms with E-state index in [0.717, 1.165) is 18.9 Å². The molecule has 6 heteroatoms. The molecule has 2 aromatic rings. The zero-order chi connectivity index (χ0) is 15.6. The third-order valence-corrected chi connectivity index (χ3v) is 4.16. The molecule has 1 saturated heterocycles.